The molecule has 0 aliphatic rings. The molecule has 3 aromatic rings. The first-order chi connectivity index (χ1) is 13.4. The molecule has 0 spiro atoms. The number of hydrogen-bond acceptors (Lipinski definition) is 5. The number of ether oxygens (including phenoxy) is 1. The maximum atomic E-state index is 12.7. The number of benzene rings is 2. The van der Waals surface area contributed by atoms with Gasteiger partial charge >= 0.3 is 0 Å². The molecule has 146 valence electrons. The maximum Gasteiger partial charge on any atom is 0.262 e. The van der Waals surface area contributed by atoms with Crippen molar-refractivity contribution in [1.29, 1.82) is 0 Å². The molecule has 0 fully saturated rings. The molecule has 7 heteroatoms. The highest BCUT2D eigenvalue weighted by Gasteiger charge is 2.17. The van der Waals surface area contributed by atoms with Crippen molar-refractivity contribution >= 4 is 21.5 Å². The topological polar surface area (TPSA) is 80.3 Å². The second-order valence-corrected chi connectivity index (χ2v) is 8.16. The Balaban J connectivity index is 1.66. The van der Waals surface area contributed by atoms with E-state index in [1.165, 1.54) is 6.20 Å². The normalized spacial score (nSPS) is 11.1. The number of anilines is 2. The van der Waals surface area contributed by atoms with Crippen molar-refractivity contribution < 1.29 is 13.2 Å². The van der Waals surface area contributed by atoms with Gasteiger partial charge in [0.1, 0.15) is 11.6 Å². The average molecular weight is 398 g/mol. The van der Waals surface area contributed by atoms with E-state index < -0.39 is 10.0 Å². The van der Waals surface area contributed by atoms with E-state index in [1.807, 2.05) is 37.3 Å². The standard InChI is InChI=1S/C21H23N3O3S/c1-15-4-5-16(2)20(12-15)28(25,26)24-18-8-11-21(23-14-18)22-13-17-6-9-19(27-3)10-7-17/h4-12,14,24H,13H2,1-3H3,(H,22,23). The molecule has 0 unspecified atom stereocenters. The molecule has 1 aromatic heterocycles. The molecular formula is C21H23N3O3S. The Morgan fingerprint density at radius 1 is 1.00 bits per heavy atom. The minimum Gasteiger partial charge on any atom is -0.497 e. The summed E-state index contributed by atoms with van der Waals surface area (Å²) in [5, 5.41) is 3.21. The molecule has 0 aliphatic carbocycles. The van der Waals surface area contributed by atoms with E-state index in [0.29, 0.717) is 23.6 Å². The molecule has 6 nitrogen and oxygen atoms in total. The van der Waals surface area contributed by atoms with E-state index in [-0.39, 0.29) is 4.90 Å². The van der Waals surface area contributed by atoms with Crippen LogP contribution in [0.25, 0.3) is 0 Å². The van der Waals surface area contributed by atoms with Crippen LogP contribution in [0.2, 0.25) is 0 Å². The second-order valence-electron chi connectivity index (χ2n) is 6.51. The number of aryl methyl sites for hydroxylation is 2. The molecular weight excluding hydrogens is 374 g/mol. The lowest BCUT2D eigenvalue weighted by Crippen LogP contribution is -2.14. The molecule has 0 radical (unpaired) electrons. The lowest BCUT2D eigenvalue weighted by molar-refractivity contribution is 0.414. The summed E-state index contributed by atoms with van der Waals surface area (Å²) in [6, 6.07) is 16.5. The SMILES string of the molecule is COc1ccc(CNc2ccc(NS(=O)(=O)c3cc(C)ccc3C)cn2)cc1. The fourth-order valence-electron chi connectivity index (χ4n) is 2.70. The summed E-state index contributed by atoms with van der Waals surface area (Å²) in [4.78, 5) is 4.55. The molecule has 0 saturated carbocycles. The van der Waals surface area contributed by atoms with Crippen molar-refractivity contribution in [2.24, 2.45) is 0 Å². The number of hydrogen-bond donors (Lipinski definition) is 2. The lowest BCUT2D eigenvalue weighted by Gasteiger charge is -2.12. The zero-order valence-corrected chi connectivity index (χ0v) is 16.9. The number of rotatable bonds is 7. The fraction of sp³-hybridized carbons (Fsp3) is 0.190. The third-order valence-corrected chi connectivity index (χ3v) is 5.80. The Morgan fingerprint density at radius 3 is 2.39 bits per heavy atom. The van der Waals surface area contributed by atoms with Crippen molar-refractivity contribution in [2.45, 2.75) is 25.3 Å². The minimum absolute atomic E-state index is 0.272. The van der Waals surface area contributed by atoms with E-state index in [1.54, 1.807) is 38.3 Å². The van der Waals surface area contributed by atoms with Crippen LogP contribution in [0, 0.1) is 13.8 Å². The van der Waals surface area contributed by atoms with Crippen LogP contribution in [0.5, 0.6) is 5.75 Å². The highest BCUT2D eigenvalue weighted by atomic mass is 32.2. The number of aromatic nitrogens is 1. The van der Waals surface area contributed by atoms with Crippen LogP contribution in [0.1, 0.15) is 16.7 Å². The van der Waals surface area contributed by atoms with Gasteiger partial charge in [-0.15, -0.1) is 0 Å². The van der Waals surface area contributed by atoms with Gasteiger partial charge in [-0.1, -0.05) is 24.3 Å². The van der Waals surface area contributed by atoms with Crippen LogP contribution in [0.15, 0.2) is 65.7 Å². The Labute approximate surface area is 165 Å². The molecule has 3 rings (SSSR count). The molecule has 0 atom stereocenters. The van der Waals surface area contributed by atoms with Gasteiger partial charge in [0.15, 0.2) is 0 Å². The summed E-state index contributed by atoms with van der Waals surface area (Å²) in [5.41, 5.74) is 3.09. The zero-order valence-electron chi connectivity index (χ0n) is 16.1. The highest BCUT2D eigenvalue weighted by molar-refractivity contribution is 7.92. The van der Waals surface area contributed by atoms with Gasteiger partial charge in [-0.2, -0.15) is 0 Å². The number of methoxy groups -OCH3 is 1. The van der Waals surface area contributed by atoms with Crippen LogP contribution in [0.3, 0.4) is 0 Å². The minimum atomic E-state index is -3.66. The van der Waals surface area contributed by atoms with E-state index in [9.17, 15) is 8.42 Å². The van der Waals surface area contributed by atoms with Gasteiger partial charge in [0.2, 0.25) is 0 Å². The van der Waals surface area contributed by atoms with Gasteiger partial charge in [-0.05, 0) is 60.9 Å². The summed E-state index contributed by atoms with van der Waals surface area (Å²) in [7, 11) is -2.03. The van der Waals surface area contributed by atoms with Crippen molar-refractivity contribution in [3.63, 3.8) is 0 Å². The van der Waals surface area contributed by atoms with E-state index in [2.05, 4.69) is 15.0 Å². The molecule has 2 N–H and O–H groups in total. The second kappa shape index (κ2) is 8.31. The molecule has 28 heavy (non-hydrogen) atoms. The van der Waals surface area contributed by atoms with Gasteiger partial charge in [0, 0.05) is 6.54 Å². The van der Waals surface area contributed by atoms with Gasteiger partial charge < -0.3 is 10.1 Å². The third kappa shape index (κ3) is 4.80. The van der Waals surface area contributed by atoms with E-state index >= 15 is 0 Å². The quantitative estimate of drug-likeness (QED) is 0.627. The first-order valence-electron chi connectivity index (χ1n) is 8.80. The van der Waals surface area contributed by atoms with E-state index in [4.69, 9.17) is 4.74 Å². The number of nitrogens with zero attached hydrogens (tertiary/aromatic N) is 1. The fourth-order valence-corrected chi connectivity index (χ4v) is 4.08. The predicted molar refractivity (Wildman–Crippen MR) is 111 cm³/mol. The van der Waals surface area contributed by atoms with Gasteiger partial charge in [0.05, 0.1) is 23.9 Å². The third-order valence-electron chi connectivity index (χ3n) is 4.28. The molecule has 0 saturated heterocycles. The molecule has 2 aromatic carbocycles. The van der Waals surface area contributed by atoms with Crippen LogP contribution in [-0.2, 0) is 16.6 Å². The lowest BCUT2D eigenvalue weighted by atomic mass is 10.2. The molecule has 1 heterocycles. The summed E-state index contributed by atoms with van der Waals surface area (Å²) in [6.07, 6.45) is 1.50. The summed E-state index contributed by atoms with van der Waals surface area (Å²) in [5.74, 6) is 1.47. The Hall–Kier alpha value is -3.06. The Bertz CT molecular complexity index is 1050. The smallest absolute Gasteiger partial charge is 0.262 e. The van der Waals surface area contributed by atoms with Crippen LogP contribution >= 0.6 is 0 Å². The molecule has 0 bridgehead atoms. The maximum absolute atomic E-state index is 12.7. The summed E-state index contributed by atoms with van der Waals surface area (Å²) in [6.45, 7) is 4.24. The van der Waals surface area contributed by atoms with Crippen LogP contribution < -0.4 is 14.8 Å². The van der Waals surface area contributed by atoms with Crippen LogP contribution in [-0.4, -0.2) is 20.5 Å². The number of nitrogens with one attached hydrogen (secondary N) is 2. The summed E-state index contributed by atoms with van der Waals surface area (Å²) >= 11 is 0. The average Bonchev–Trinajstić information content (AvgIpc) is 2.69. The Morgan fingerprint density at radius 2 is 1.75 bits per heavy atom. The zero-order chi connectivity index (χ0) is 20.1. The van der Waals surface area contributed by atoms with Crippen molar-refractivity contribution in [3.05, 3.63) is 77.5 Å². The predicted octanol–water partition coefficient (Wildman–Crippen LogP) is 4.12. The number of sulfonamides is 1. The molecule has 0 amide bonds. The largest absolute Gasteiger partial charge is 0.497 e. The highest BCUT2D eigenvalue weighted by Crippen LogP contribution is 2.21. The van der Waals surface area contributed by atoms with Gasteiger partial charge in [-0.3, -0.25) is 4.72 Å². The monoisotopic (exact) mass is 397 g/mol. The van der Waals surface area contributed by atoms with Gasteiger partial charge in [0.25, 0.3) is 10.0 Å². The van der Waals surface area contributed by atoms with Gasteiger partial charge in [-0.25, -0.2) is 13.4 Å². The van der Waals surface area contributed by atoms with E-state index in [0.717, 1.165) is 16.9 Å². The first kappa shape index (κ1) is 19.7. The van der Waals surface area contributed by atoms with Crippen molar-refractivity contribution in [2.75, 3.05) is 17.1 Å². The Kier molecular flexibility index (Phi) is 5.84. The van der Waals surface area contributed by atoms with Crippen molar-refractivity contribution in [1.82, 2.24) is 4.98 Å². The first-order valence-corrected chi connectivity index (χ1v) is 10.3. The summed E-state index contributed by atoms with van der Waals surface area (Å²) < 4.78 is 33.0. The van der Waals surface area contributed by atoms with Crippen LogP contribution in [0.4, 0.5) is 11.5 Å². The molecule has 0 aliphatic heterocycles. The van der Waals surface area contributed by atoms with Crippen molar-refractivity contribution in [3.8, 4) is 5.75 Å². The number of pyridine rings is 1.